The molecule has 16 heavy (non-hydrogen) atoms. The van der Waals surface area contributed by atoms with Crippen molar-refractivity contribution in [2.45, 2.75) is 12.8 Å². The van der Waals surface area contributed by atoms with Crippen LogP contribution in [0.25, 0.3) is 0 Å². The van der Waals surface area contributed by atoms with Crippen molar-refractivity contribution in [3.05, 3.63) is 50.9 Å². The maximum Gasteiger partial charge on any atom is 0.144 e. The van der Waals surface area contributed by atoms with Gasteiger partial charge in [-0.3, -0.25) is 4.79 Å². The first kappa shape index (κ1) is 11.5. The van der Waals surface area contributed by atoms with Crippen molar-refractivity contribution in [3.63, 3.8) is 0 Å². The fraction of sp³-hybridized carbons (Fsp3) is 0.167. The Morgan fingerprint density at radius 3 is 2.62 bits per heavy atom. The summed E-state index contributed by atoms with van der Waals surface area (Å²) in [6.07, 6.45) is 2.65. The summed E-state index contributed by atoms with van der Waals surface area (Å²) in [6.45, 7) is 0. The van der Waals surface area contributed by atoms with Crippen molar-refractivity contribution in [1.29, 1.82) is 0 Å². The molecule has 0 aliphatic carbocycles. The zero-order chi connectivity index (χ0) is 11.4. The van der Waals surface area contributed by atoms with Gasteiger partial charge in [-0.15, -0.1) is 11.3 Å². The Hall–Kier alpha value is -1.00. The maximum atomic E-state index is 11.7. The number of ketones is 1. The molecule has 0 bridgehead atoms. The number of aromatic nitrogens is 1. The number of hydrogen-bond donors (Lipinski definition) is 0. The molecule has 0 spiro atoms. The van der Waals surface area contributed by atoms with Gasteiger partial charge >= 0.3 is 0 Å². The number of halogens is 1. The molecule has 0 fully saturated rings. The predicted octanol–water partition coefficient (Wildman–Crippen LogP) is 3.26. The molecule has 0 atom stereocenters. The summed E-state index contributed by atoms with van der Waals surface area (Å²) in [5.74, 6) is 0.206. The van der Waals surface area contributed by atoms with E-state index in [9.17, 15) is 4.79 Å². The molecule has 2 rings (SSSR count). The molecular formula is C12H10BrNOS. The van der Waals surface area contributed by atoms with Gasteiger partial charge in [0.15, 0.2) is 0 Å². The normalized spacial score (nSPS) is 10.3. The highest BCUT2D eigenvalue weighted by Crippen LogP contribution is 2.12. The average Bonchev–Trinajstić information content (AvgIpc) is 2.74. The van der Waals surface area contributed by atoms with Crippen LogP contribution in [0.3, 0.4) is 0 Å². The van der Waals surface area contributed by atoms with Crippen LogP contribution in [0.4, 0.5) is 0 Å². The fourth-order valence-electron chi connectivity index (χ4n) is 1.40. The molecule has 0 saturated carbocycles. The second-order valence-corrected chi connectivity index (χ2v) is 5.34. The molecule has 0 aliphatic rings. The minimum absolute atomic E-state index is 0.206. The van der Waals surface area contributed by atoms with E-state index in [-0.39, 0.29) is 5.78 Å². The van der Waals surface area contributed by atoms with Crippen LogP contribution in [0.1, 0.15) is 10.6 Å². The molecule has 2 nitrogen and oxygen atoms in total. The molecule has 0 unspecified atom stereocenters. The van der Waals surface area contributed by atoms with Gasteiger partial charge in [0.2, 0.25) is 0 Å². The molecule has 0 saturated heterocycles. The minimum atomic E-state index is 0.206. The smallest absolute Gasteiger partial charge is 0.144 e. The minimum Gasteiger partial charge on any atom is -0.299 e. The number of nitrogens with zero attached hydrogens (tertiary/aromatic N) is 1. The maximum absolute atomic E-state index is 11.7. The Morgan fingerprint density at radius 1 is 1.25 bits per heavy atom. The van der Waals surface area contributed by atoms with Gasteiger partial charge in [0.1, 0.15) is 5.78 Å². The summed E-state index contributed by atoms with van der Waals surface area (Å²) in [7, 11) is 0. The molecule has 2 aromatic rings. The standard InChI is InChI=1S/C12H10BrNOS/c13-10-3-1-9(2-4-10)7-11(15)8-12-14-5-6-16-12/h1-6H,7-8H2. The van der Waals surface area contributed by atoms with Gasteiger partial charge < -0.3 is 0 Å². The highest BCUT2D eigenvalue weighted by atomic mass is 79.9. The lowest BCUT2D eigenvalue weighted by atomic mass is 10.1. The monoisotopic (exact) mass is 295 g/mol. The molecule has 4 heteroatoms. The summed E-state index contributed by atoms with van der Waals surface area (Å²) in [4.78, 5) is 15.8. The molecule has 0 aliphatic heterocycles. The third kappa shape index (κ3) is 3.25. The van der Waals surface area contributed by atoms with E-state index in [0.29, 0.717) is 12.8 Å². The lowest BCUT2D eigenvalue weighted by Crippen LogP contribution is -2.06. The Labute approximate surface area is 106 Å². The summed E-state index contributed by atoms with van der Waals surface area (Å²) >= 11 is 4.89. The van der Waals surface area contributed by atoms with Gasteiger partial charge in [-0.05, 0) is 17.7 Å². The summed E-state index contributed by atoms with van der Waals surface area (Å²) in [5, 5.41) is 2.78. The van der Waals surface area contributed by atoms with Crippen molar-refractivity contribution >= 4 is 33.0 Å². The summed E-state index contributed by atoms with van der Waals surface area (Å²) in [5.41, 5.74) is 1.05. The van der Waals surface area contributed by atoms with Gasteiger partial charge in [-0.1, -0.05) is 28.1 Å². The zero-order valence-electron chi connectivity index (χ0n) is 8.52. The van der Waals surface area contributed by atoms with Crippen LogP contribution in [0, 0.1) is 0 Å². The van der Waals surface area contributed by atoms with Gasteiger partial charge in [-0.2, -0.15) is 0 Å². The number of rotatable bonds is 4. The van der Waals surface area contributed by atoms with Crippen molar-refractivity contribution in [2.24, 2.45) is 0 Å². The molecule has 0 radical (unpaired) electrons. The van der Waals surface area contributed by atoms with E-state index in [1.165, 1.54) is 11.3 Å². The Morgan fingerprint density at radius 2 is 2.00 bits per heavy atom. The Kier molecular flexibility index (Phi) is 3.85. The molecule has 0 amide bonds. The summed E-state index contributed by atoms with van der Waals surface area (Å²) < 4.78 is 1.03. The van der Waals surface area contributed by atoms with Crippen molar-refractivity contribution in [1.82, 2.24) is 4.98 Å². The number of Topliss-reactive ketones (excluding diaryl/α,β-unsaturated/α-hetero) is 1. The highest BCUT2D eigenvalue weighted by molar-refractivity contribution is 9.10. The quantitative estimate of drug-likeness (QED) is 0.867. The van der Waals surface area contributed by atoms with E-state index in [4.69, 9.17) is 0 Å². The SMILES string of the molecule is O=C(Cc1ccc(Br)cc1)Cc1nccs1. The van der Waals surface area contributed by atoms with Crippen LogP contribution < -0.4 is 0 Å². The van der Waals surface area contributed by atoms with Crippen molar-refractivity contribution in [3.8, 4) is 0 Å². The number of carbonyl (C=O) groups excluding carboxylic acids is 1. The average molecular weight is 296 g/mol. The molecule has 0 N–H and O–H groups in total. The first-order valence-corrected chi connectivity index (χ1v) is 6.56. The first-order valence-electron chi connectivity index (χ1n) is 4.88. The lowest BCUT2D eigenvalue weighted by molar-refractivity contribution is -0.117. The van der Waals surface area contributed by atoms with Gasteiger partial charge in [-0.25, -0.2) is 4.98 Å². The van der Waals surface area contributed by atoms with Gasteiger partial charge in [0.05, 0.1) is 11.4 Å². The van der Waals surface area contributed by atoms with Crippen LogP contribution in [0.2, 0.25) is 0 Å². The third-order valence-electron chi connectivity index (χ3n) is 2.15. The molecule has 1 aromatic heterocycles. The van der Waals surface area contributed by atoms with Gasteiger partial charge in [0, 0.05) is 22.5 Å². The molecule has 82 valence electrons. The lowest BCUT2D eigenvalue weighted by Gasteiger charge is -1.99. The predicted molar refractivity (Wildman–Crippen MR) is 68.7 cm³/mol. The first-order chi connectivity index (χ1) is 7.74. The summed E-state index contributed by atoms with van der Waals surface area (Å²) in [6, 6.07) is 7.83. The second-order valence-electron chi connectivity index (χ2n) is 3.44. The third-order valence-corrected chi connectivity index (χ3v) is 3.45. The molecule has 1 heterocycles. The van der Waals surface area contributed by atoms with Crippen LogP contribution in [-0.4, -0.2) is 10.8 Å². The van der Waals surface area contributed by atoms with Crippen LogP contribution in [0.5, 0.6) is 0 Å². The van der Waals surface area contributed by atoms with E-state index in [0.717, 1.165) is 15.0 Å². The fourth-order valence-corrected chi connectivity index (χ4v) is 2.31. The van der Waals surface area contributed by atoms with Gasteiger partial charge in [0.25, 0.3) is 0 Å². The van der Waals surface area contributed by atoms with Crippen LogP contribution >= 0.6 is 27.3 Å². The largest absolute Gasteiger partial charge is 0.299 e. The number of benzene rings is 1. The number of thiazole rings is 1. The number of carbonyl (C=O) groups is 1. The van der Waals surface area contributed by atoms with E-state index in [1.807, 2.05) is 29.6 Å². The van der Waals surface area contributed by atoms with E-state index >= 15 is 0 Å². The molecule has 1 aromatic carbocycles. The van der Waals surface area contributed by atoms with Crippen LogP contribution in [0.15, 0.2) is 40.3 Å². The van der Waals surface area contributed by atoms with Crippen LogP contribution in [-0.2, 0) is 17.6 Å². The van der Waals surface area contributed by atoms with E-state index in [1.54, 1.807) is 6.20 Å². The highest BCUT2D eigenvalue weighted by Gasteiger charge is 2.06. The Bertz CT molecular complexity index is 464. The number of hydrogen-bond acceptors (Lipinski definition) is 3. The second kappa shape index (κ2) is 5.37. The topological polar surface area (TPSA) is 30.0 Å². The van der Waals surface area contributed by atoms with E-state index in [2.05, 4.69) is 20.9 Å². The van der Waals surface area contributed by atoms with Crippen molar-refractivity contribution < 1.29 is 4.79 Å². The van der Waals surface area contributed by atoms with Crippen molar-refractivity contribution in [2.75, 3.05) is 0 Å². The zero-order valence-corrected chi connectivity index (χ0v) is 10.9. The van der Waals surface area contributed by atoms with E-state index < -0.39 is 0 Å². The Balaban J connectivity index is 1.95. The molecular weight excluding hydrogens is 286 g/mol.